The Morgan fingerprint density at radius 2 is 0.867 bits per heavy atom. The average Bonchev–Trinajstić information content (AvgIpc) is 3.24. The van der Waals surface area contributed by atoms with E-state index in [4.69, 9.17) is 28.4 Å². The van der Waals surface area contributed by atoms with Gasteiger partial charge in [-0.15, -0.1) is 0 Å². The summed E-state index contributed by atoms with van der Waals surface area (Å²) >= 11 is 0. The maximum atomic E-state index is 12.8. The summed E-state index contributed by atoms with van der Waals surface area (Å²) < 4.78 is 33.1. The summed E-state index contributed by atoms with van der Waals surface area (Å²) in [4.78, 5) is 25.1. The Hall–Kier alpha value is -1.50. The standard InChI is InChI=1S/C45H84O15/c1-3-5-7-8-9-10-11-12-13-14-15-16-17-18-19-20-21-22-23-24-25-26-28-37(48)58-33(30-55-36(47)27-6-4-2)31-56-44-43(54)41(52)39(50)35(60-44)32-57-45-42(53)40(51)38(49)34(29-46)59-45/h33-35,38-46,49-54H,3-32H2,1-2H3. The first-order valence-electron chi connectivity index (χ1n) is 23.6. The molecule has 2 rings (SSSR count). The van der Waals surface area contributed by atoms with Crippen LogP contribution in [-0.4, -0.2) is 142 Å². The highest BCUT2D eigenvalue weighted by molar-refractivity contribution is 5.70. The number of carbonyl (C=O) groups excluding carboxylic acids is 2. The molecule has 2 fully saturated rings. The van der Waals surface area contributed by atoms with E-state index in [0.717, 1.165) is 25.7 Å². The number of unbranched alkanes of at least 4 members (excludes halogenated alkanes) is 22. The van der Waals surface area contributed by atoms with Crippen molar-refractivity contribution >= 4 is 11.9 Å². The van der Waals surface area contributed by atoms with E-state index >= 15 is 0 Å². The topological polar surface area (TPSA) is 231 Å². The van der Waals surface area contributed by atoms with Crippen LogP contribution in [0.3, 0.4) is 0 Å². The van der Waals surface area contributed by atoms with E-state index in [1.807, 2.05) is 6.92 Å². The zero-order valence-corrected chi connectivity index (χ0v) is 37.0. The molecule has 0 aliphatic carbocycles. The third-order valence-corrected chi connectivity index (χ3v) is 11.6. The monoisotopic (exact) mass is 865 g/mol. The van der Waals surface area contributed by atoms with Crippen molar-refractivity contribution in [3.63, 3.8) is 0 Å². The molecule has 0 aromatic heterocycles. The van der Waals surface area contributed by atoms with Crippen molar-refractivity contribution in [1.29, 1.82) is 0 Å². The number of hydrogen-bond acceptors (Lipinski definition) is 15. The first kappa shape index (κ1) is 54.6. The number of aliphatic hydroxyl groups is 7. The van der Waals surface area contributed by atoms with Gasteiger partial charge in [0, 0.05) is 12.8 Å². The number of rotatable bonds is 36. The third-order valence-electron chi connectivity index (χ3n) is 11.6. The molecule has 0 amide bonds. The minimum atomic E-state index is -1.76. The Bertz CT molecular complexity index is 1070. The number of carbonyl (C=O) groups is 2. The lowest BCUT2D eigenvalue weighted by molar-refractivity contribution is -0.332. The van der Waals surface area contributed by atoms with Crippen LogP contribution in [0.4, 0.5) is 0 Å². The van der Waals surface area contributed by atoms with Gasteiger partial charge in [0.05, 0.1) is 19.8 Å². The van der Waals surface area contributed by atoms with Gasteiger partial charge in [0.1, 0.15) is 55.4 Å². The number of ether oxygens (including phenoxy) is 6. The summed E-state index contributed by atoms with van der Waals surface area (Å²) in [6, 6.07) is 0. The first-order chi connectivity index (χ1) is 29.0. The summed E-state index contributed by atoms with van der Waals surface area (Å²) in [6.07, 6.45) is 13.0. The lowest BCUT2D eigenvalue weighted by Crippen LogP contribution is -2.61. The molecule has 2 aliphatic rings. The normalized spacial score (nSPS) is 27.5. The van der Waals surface area contributed by atoms with Crippen molar-refractivity contribution in [1.82, 2.24) is 0 Å². The largest absolute Gasteiger partial charge is 0.462 e. The number of hydrogen-bond donors (Lipinski definition) is 7. The molecule has 7 N–H and O–H groups in total. The molecular formula is C45H84O15. The molecule has 0 aromatic rings. The van der Waals surface area contributed by atoms with Crippen LogP contribution in [0.15, 0.2) is 0 Å². The van der Waals surface area contributed by atoms with Gasteiger partial charge in [-0.1, -0.05) is 155 Å². The van der Waals surface area contributed by atoms with Crippen LogP contribution < -0.4 is 0 Å². The van der Waals surface area contributed by atoms with E-state index in [-0.39, 0.29) is 26.1 Å². The van der Waals surface area contributed by atoms with Crippen molar-refractivity contribution in [3.05, 3.63) is 0 Å². The second-order valence-corrected chi connectivity index (χ2v) is 17.0. The van der Waals surface area contributed by atoms with Crippen molar-refractivity contribution in [3.8, 4) is 0 Å². The molecule has 15 nitrogen and oxygen atoms in total. The van der Waals surface area contributed by atoms with Crippen LogP contribution in [0.5, 0.6) is 0 Å². The van der Waals surface area contributed by atoms with Gasteiger partial charge in [-0.25, -0.2) is 0 Å². The van der Waals surface area contributed by atoms with E-state index in [1.165, 1.54) is 116 Å². The SMILES string of the molecule is CCCCCCCCCCCCCCCCCCCCCCCCC(=O)OC(COC(=O)CCCC)COC1OC(COC2OC(CO)C(O)C(O)C2O)C(O)C(O)C1O. The van der Waals surface area contributed by atoms with Crippen LogP contribution in [0.1, 0.15) is 181 Å². The fraction of sp³-hybridized carbons (Fsp3) is 0.956. The molecule has 11 atom stereocenters. The van der Waals surface area contributed by atoms with Gasteiger partial charge in [-0.05, 0) is 12.8 Å². The summed E-state index contributed by atoms with van der Waals surface area (Å²) in [6.45, 7) is 2.33. The zero-order valence-electron chi connectivity index (χ0n) is 37.0. The Kier molecular flexibility index (Phi) is 30.9. The molecule has 11 unspecified atom stereocenters. The summed E-state index contributed by atoms with van der Waals surface area (Å²) in [5.41, 5.74) is 0. The minimum absolute atomic E-state index is 0.171. The van der Waals surface area contributed by atoms with Gasteiger partial charge in [0.15, 0.2) is 18.7 Å². The molecule has 354 valence electrons. The third kappa shape index (κ3) is 22.7. The first-order valence-corrected chi connectivity index (χ1v) is 23.6. The number of esters is 2. The smallest absolute Gasteiger partial charge is 0.306 e. The van der Waals surface area contributed by atoms with Gasteiger partial charge in [-0.3, -0.25) is 9.59 Å². The van der Waals surface area contributed by atoms with E-state index in [0.29, 0.717) is 12.8 Å². The predicted molar refractivity (Wildman–Crippen MR) is 225 cm³/mol. The van der Waals surface area contributed by atoms with E-state index < -0.39 is 92.7 Å². The Morgan fingerprint density at radius 1 is 0.467 bits per heavy atom. The predicted octanol–water partition coefficient (Wildman–Crippen LogP) is 5.26. The van der Waals surface area contributed by atoms with Crippen LogP contribution in [0, 0.1) is 0 Å². The molecule has 2 aliphatic heterocycles. The van der Waals surface area contributed by atoms with Crippen molar-refractivity contribution in [2.24, 2.45) is 0 Å². The zero-order chi connectivity index (χ0) is 44.0. The van der Waals surface area contributed by atoms with Crippen LogP contribution in [-0.2, 0) is 38.0 Å². The molecular weight excluding hydrogens is 780 g/mol. The van der Waals surface area contributed by atoms with Crippen LogP contribution in [0.25, 0.3) is 0 Å². The maximum Gasteiger partial charge on any atom is 0.306 e. The summed E-state index contributed by atoms with van der Waals surface area (Å²) in [5, 5.41) is 71.5. The van der Waals surface area contributed by atoms with Gasteiger partial charge in [0.2, 0.25) is 0 Å². The van der Waals surface area contributed by atoms with E-state index in [9.17, 15) is 45.3 Å². The van der Waals surface area contributed by atoms with Crippen LogP contribution >= 0.6 is 0 Å². The summed E-state index contributed by atoms with van der Waals surface area (Å²) in [7, 11) is 0. The van der Waals surface area contributed by atoms with E-state index in [2.05, 4.69) is 6.92 Å². The van der Waals surface area contributed by atoms with Crippen molar-refractivity contribution < 1.29 is 73.8 Å². The lowest BCUT2D eigenvalue weighted by atomic mass is 9.98. The van der Waals surface area contributed by atoms with Gasteiger partial charge < -0.3 is 64.2 Å². The second kappa shape index (κ2) is 34.0. The minimum Gasteiger partial charge on any atom is -0.462 e. The highest BCUT2D eigenvalue weighted by atomic mass is 16.7. The molecule has 0 aromatic carbocycles. The molecule has 2 heterocycles. The molecule has 0 spiro atoms. The fourth-order valence-corrected chi connectivity index (χ4v) is 7.61. The quantitative estimate of drug-likeness (QED) is 0.0315. The molecule has 0 radical (unpaired) electrons. The van der Waals surface area contributed by atoms with Crippen molar-refractivity contribution in [2.75, 3.05) is 26.4 Å². The Morgan fingerprint density at radius 3 is 1.33 bits per heavy atom. The number of aliphatic hydroxyl groups excluding tert-OH is 7. The Labute approximate surface area is 359 Å². The summed E-state index contributed by atoms with van der Waals surface area (Å²) in [5.74, 6) is -0.955. The maximum absolute atomic E-state index is 12.8. The van der Waals surface area contributed by atoms with Crippen molar-refractivity contribution in [2.45, 2.75) is 248 Å². The van der Waals surface area contributed by atoms with Crippen LogP contribution in [0.2, 0.25) is 0 Å². The lowest BCUT2D eigenvalue weighted by Gasteiger charge is -2.42. The van der Waals surface area contributed by atoms with Gasteiger partial charge in [-0.2, -0.15) is 0 Å². The molecule has 0 bridgehead atoms. The highest BCUT2D eigenvalue weighted by Gasteiger charge is 2.47. The average molecular weight is 865 g/mol. The Balaban J connectivity index is 1.65. The molecule has 0 saturated carbocycles. The fourth-order valence-electron chi connectivity index (χ4n) is 7.61. The highest BCUT2D eigenvalue weighted by Crippen LogP contribution is 2.26. The molecule has 15 heteroatoms. The molecule has 60 heavy (non-hydrogen) atoms. The second-order valence-electron chi connectivity index (χ2n) is 17.0. The van der Waals surface area contributed by atoms with E-state index in [1.54, 1.807) is 0 Å². The molecule has 2 saturated heterocycles. The van der Waals surface area contributed by atoms with Gasteiger partial charge >= 0.3 is 11.9 Å². The van der Waals surface area contributed by atoms with Gasteiger partial charge in [0.25, 0.3) is 0 Å².